The summed E-state index contributed by atoms with van der Waals surface area (Å²) < 4.78 is 95.1. The van der Waals surface area contributed by atoms with Crippen LogP contribution in [0.15, 0.2) is 60.7 Å². The van der Waals surface area contributed by atoms with Gasteiger partial charge in [0.25, 0.3) is 5.91 Å². The molecule has 2 amide bonds. The fraction of sp³-hybridized carbons (Fsp3) is 0.512. The van der Waals surface area contributed by atoms with Crippen molar-refractivity contribution in [1.29, 1.82) is 0 Å². The SMILES string of the molecule is O=C(CO[C@H]1Cc2ccccc2C12CCN(CC[C@@]1(c3ccc(Cl)c(Cl)c3)CN(C(=O)c3cc(C(F)(F)F)cc(C(F)(F)F)c3)CCO1)CC2)N1CCC(O)CC1. The molecule has 2 atom stereocenters. The number of halogens is 8. The second kappa shape index (κ2) is 16.3. The first-order valence-corrected chi connectivity index (χ1v) is 19.8. The predicted octanol–water partition coefficient (Wildman–Crippen LogP) is 7.75. The van der Waals surface area contributed by atoms with Crippen LogP contribution in [0.5, 0.6) is 0 Å². The lowest BCUT2D eigenvalue weighted by molar-refractivity contribution is -0.144. The molecule has 1 aliphatic carbocycles. The molecule has 3 saturated heterocycles. The van der Waals surface area contributed by atoms with E-state index in [0.29, 0.717) is 76.1 Å². The number of likely N-dealkylation sites (tertiary alicyclic amines) is 2. The van der Waals surface area contributed by atoms with E-state index < -0.39 is 46.7 Å². The van der Waals surface area contributed by atoms with Gasteiger partial charge in [-0.3, -0.25) is 9.59 Å². The summed E-state index contributed by atoms with van der Waals surface area (Å²) in [6.07, 6.45) is -7.27. The Morgan fingerprint density at radius 2 is 1.51 bits per heavy atom. The van der Waals surface area contributed by atoms with E-state index in [4.69, 9.17) is 32.7 Å². The lowest BCUT2D eigenvalue weighted by atomic mass is 9.72. The van der Waals surface area contributed by atoms with Crippen molar-refractivity contribution in [3.05, 3.63) is 104 Å². The topological polar surface area (TPSA) is 82.5 Å². The van der Waals surface area contributed by atoms with Gasteiger partial charge in [0.15, 0.2) is 0 Å². The molecular formula is C41H43Cl2F6N3O5. The van der Waals surface area contributed by atoms with Crippen molar-refractivity contribution in [3.63, 3.8) is 0 Å². The van der Waals surface area contributed by atoms with Crippen LogP contribution < -0.4 is 0 Å². The minimum absolute atomic E-state index is 0.000742. The highest BCUT2D eigenvalue weighted by Gasteiger charge is 2.50. The molecule has 1 N–H and O–H groups in total. The first-order valence-electron chi connectivity index (χ1n) is 19.0. The number of hydrogen-bond acceptors (Lipinski definition) is 6. The van der Waals surface area contributed by atoms with E-state index in [1.165, 1.54) is 16.0 Å². The van der Waals surface area contributed by atoms with Gasteiger partial charge in [-0.1, -0.05) is 53.5 Å². The van der Waals surface area contributed by atoms with E-state index in [1.54, 1.807) is 23.1 Å². The minimum Gasteiger partial charge on any atom is -0.393 e. The Morgan fingerprint density at radius 1 is 0.842 bits per heavy atom. The number of fused-ring (bicyclic) bond motifs is 2. The Hall–Kier alpha value is -3.40. The molecule has 3 aliphatic heterocycles. The average Bonchev–Trinajstić information content (AvgIpc) is 3.49. The van der Waals surface area contributed by atoms with E-state index in [-0.39, 0.29) is 59.8 Å². The van der Waals surface area contributed by atoms with Gasteiger partial charge < -0.3 is 29.3 Å². The van der Waals surface area contributed by atoms with E-state index in [2.05, 4.69) is 17.0 Å². The highest BCUT2D eigenvalue weighted by molar-refractivity contribution is 6.42. The Kier molecular flexibility index (Phi) is 12.0. The van der Waals surface area contributed by atoms with E-state index in [1.807, 2.05) is 12.1 Å². The van der Waals surface area contributed by atoms with Crippen LogP contribution in [0.1, 0.15) is 70.3 Å². The Balaban J connectivity index is 1.08. The van der Waals surface area contributed by atoms with Gasteiger partial charge in [-0.2, -0.15) is 26.3 Å². The Morgan fingerprint density at radius 3 is 2.16 bits per heavy atom. The molecule has 1 spiro atoms. The molecule has 8 nitrogen and oxygen atoms in total. The van der Waals surface area contributed by atoms with Crippen LogP contribution in [0.25, 0.3) is 0 Å². The second-order valence-electron chi connectivity index (χ2n) is 15.5. The van der Waals surface area contributed by atoms with Gasteiger partial charge in [0.05, 0.1) is 46.5 Å². The first-order chi connectivity index (χ1) is 27.0. The maximum atomic E-state index is 13.8. The summed E-state index contributed by atoms with van der Waals surface area (Å²) >= 11 is 12.7. The number of hydrogen-bond donors (Lipinski definition) is 1. The molecule has 3 aromatic carbocycles. The Bertz CT molecular complexity index is 1930. The summed E-state index contributed by atoms with van der Waals surface area (Å²) in [6.45, 7) is 2.50. The molecule has 308 valence electrons. The number of rotatable bonds is 8. The maximum absolute atomic E-state index is 13.8. The number of nitrogens with zero attached hydrogens (tertiary/aromatic N) is 3. The molecule has 0 unspecified atom stereocenters. The smallest absolute Gasteiger partial charge is 0.393 e. The van der Waals surface area contributed by atoms with E-state index >= 15 is 0 Å². The molecule has 3 heterocycles. The van der Waals surface area contributed by atoms with Gasteiger partial charge in [-0.25, -0.2) is 0 Å². The summed E-state index contributed by atoms with van der Waals surface area (Å²) in [5, 5.41) is 10.4. The third-order valence-corrected chi connectivity index (χ3v) is 12.9. The van der Waals surface area contributed by atoms with Gasteiger partial charge in [0, 0.05) is 37.2 Å². The van der Waals surface area contributed by atoms with Crippen LogP contribution in [-0.2, 0) is 44.1 Å². The van der Waals surface area contributed by atoms with Crippen molar-refractivity contribution in [2.24, 2.45) is 0 Å². The molecule has 7 rings (SSSR count). The van der Waals surface area contributed by atoms with Crippen molar-refractivity contribution < 1.29 is 50.5 Å². The van der Waals surface area contributed by atoms with Crippen molar-refractivity contribution in [2.45, 2.75) is 74.1 Å². The Labute approximate surface area is 336 Å². The number of aliphatic hydroxyl groups excluding tert-OH is 1. The number of piperidine rings is 2. The van der Waals surface area contributed by atoms with Gasteiger partial charge in [-0.05, 0) is 98.6 Å². The molecule has 0 aromatic heterocycles. The van der Waals surface area contributed by atoms with Crippen molar-refractivity contribution in [3.8, 4) is 0 Å². The summed E-state index contributed by atoms with van der Waals surface area (Å²) in [7, 11) is 0. The predicted molar refractivity (Wildman–Crippen MR) is 200 cm³/mol. The fourth-order valence-electron chi connectivity index (χ4n) is 8.92. The molecule has 4 aliphatic rings. The molecule has 3 aromatic rings. The molecular weight excluding hydrogens is 799 g/mol. The standard InChI is InChI=1S/C41H43Cl2F6N3O5/c42-33-6-5-28(23-34(33)43)39(25-52(17-18-57-39)37(55)27-19-29(40(44,45)46)22-30(20-27)41(47,48)49)11-16-50-14-9-38(10-15-50)32-4-2-1-3-26(32)21-35(38)56-24-36(54)51-12-7-31(53)8-13-51/h1-6,19-20,22-23,31,35,53H,7-18,21,24-25H2/t35-,39-/m0/s1. The largest absolute Gasteiger partial charge is 0.416 e. The fourth-order valence-corrected chi connectivity index (χ4v) is 9.22. The quantitative estimate of drug-likeness (QED) is 0.234. The number of carbonyl (C=O) groups is 2. The highest BCUT2D eigenvalue weighted by atomic mass is 35.5. The van der Waals surface area contributed by atoms with Gasteiger partial charge in [0.1, 0.15) is 12.2 Å². The number of ether oxygens (including phenoxy) is 2. The van der Waals surface area contributed by atoms with Crippen LogP contribution in [0, 0.1) is 0 Å². The minimum atomic E-state index is -5.11. The van der Waals surface area contributed by atoms with E-state index in [0.717, 1.165) is 12.8 Å². The lowest BCUT2D eigenvalue weighted by Crippen LogP contribution is -2.54. The number of morpholine rings is 1. The maximum Gasteiger partial charge on any atom is 0.416 e. The third-order valence-electron chi connectivity index (χ3n) is 12.1. The van der Waals surface area contributed by atoms with Gasteiger partial charge in [-0.15, -0.1) is 0 Å². The summed E-state index contributed by atoms with van der Waals surface area (Å²) in [4.78, 5) is 32.2. The third kappa shape index (κ3) is 8.82. The van der Waals surface area contributed by atoms with Gasteiger partial charge >= 0.3 is 12.4 Å². The summed E-state index contributed by atoms with van der Waals surface area (Å²) in [5.41, 5.74) is -2.45. The number of alkyl halides is 6. The number of amides is 2. The van der Waals surface area contributed by atoms with Crippen LogP contribution in [-0.4, -0.2) is 103 Å². The van der Waals surface area contributed by atoms with Crippen molar-refractivity contribution >= 4 is 35.0 Å². The van der Waals surface area contributed by atoms with Crippen molar-refractivity contribution in [1.82, 2.24) is 14.7 Å². The molecule has 16 heteroatoms. The number of benzene rings is 3. The lowest BCUT2D eigenvalue weighted by Gasteiger charge is -2.46. The van der Waals surface area contributed by atoms with Crippen LogP contribution in [0.4, 0.5) is 26.3 Å². The molecule has 57 heavy (non-hydrogen) atoms. The second-order valence-corrected chi connectivity index (χ2v) is 16.3. The average molecular weight is 843 g/mol. The summed E-state index contributed by atoms with van der Waals surface area (Å²) in [5.74, 6) is -1.08. The normalized spacial score (nSPS) is 23.2. The van der Waals surface area contributed by atoms with E-state index in [9.17, 15) is 41.0 Å². The monoisotopic (exact) mass is 841 g/mol. The van der Waals surface area contributed by atoms with Crippen LogP contribution in [0.3, 0.4) is 0 Å². The molecule has 3 fully saturated rings. The molecule has 0 radical (unpaired) electrons. The van der Waals surface area contributed by atoms with Gasteiger partial charge in [0.2, 0.25) is 5.91 Å². The van der Waals surface area contributed by atoms with Crippen molar-refractivity contribution in [2.75, 3.05) is 59.0 Å². The number of carbonyl (C=O) groups excluding carboxylic acids is 2. The zero-order chi connectivity index (χ0) is 40.8. The first kappa shape index (κ1) is 41.7. The summed E-state index contributed by atoms with van der Waals surface area (Å²) in [6, 6.07) is 14.0. The molecule has 0 bridgehead atoms. The molecule has 0 saturated carbocycles. The number of aliphatic hydroxyl groups is 1. The van der Waals surface area contributed by atoms with Crippen LogP contribution >= 0.6 is 23.2 Å². The van der Waals surface area contributed by atoms with Crippen LogP contribution in [0.2, 0.25) is 10.0 Å². The zero-order valence-electron chi connectivity index (χ0n) is 31.0. The zero-order valence-corrected chi connectivity index (χ0v) is 32.5. The highest BCUT2D eigenvalue weighted by Crippen LogP contribution is 2.48.